The van der Waals surface area contributed by atoms with Gasteiger partial charge in [0.05, 0.1) is 31.5 Å². The summed E-state index contributed by atoms with van der Waals surface area (Å²) < 4.78 is 59.1. The van der Waals surface area contributed by atoms with Crippen LogP contribution in [0.2, 0.25) is 0 Å². The number of phenolic OH excluding ortho intramolecular Hbond substituents is 3. The molecular weight excluding hydrogens is 876 g/mol. The predicted molar refractivity (Wildman–Crippen MR) is 211 cm³/mol. The normalized spacial score (nSPS) is 38.9. The largest absolute Gasteiger partial charge is 0.508 e. The minimum absolute atomic E-state index is 0.0802. The lowest BCUT2D eigenvalue weighted by molar-refractivity contribution is -0.378. The molecule has 0 radical (unpaired) electrons. The van der Waals surface area contributed by atoms with Crippen molar-refractivity contribution >= 4 is 16.9 Å². The third-order valence-corrected chi connectivity index (χ3v) is 11.5. The second-order valence-electron chi connectivity index (χ2n) is 16.2. The minimum Gasteiger partial charge on any atom is -0.508 e. The van der Waals surface area contributed by atoms with Crippen LogP contribution in [0.1, 0.15) is 27.2 Å². The van der Waals surface area contributed by atoms with E-state index in [1.807, 2.05) is 0 Å². The summed E-state index contributed by atoms with van der Waals surface area (Å²) in [5.74, 6) is -3.35. The van der Waals surface area contributed by atoms with Crippen molar-refractivity contribution in [2.24, 2.45) is 0 Å². The van der Waals surface area contributed by atoms with Crippen LogP contribution < -0.4 is 10.2 Å². The average Bonchev–Trinajstić information content (AvgIpc) is 3.25. The Morgan fingerprint density at radius 2 is 1.37 bits per heavy atom. The lowest BCUT2D eigenvalue weighted by Crippen LogP contribution is -2.66. The SMILES string of the molecule is CC(=O)OC1C(C)OC(OC2C(Oc3c(-c4ccc(O)cc4)oc4cc(O)cc(O)c4c3=O)OC(COC3OC(C)C(O)C(O)C3O)C(O)C2OC2CC(O)C(O)C(CO)O2)C(O)C1O. The van der Waals surface area contributed by atoms with E-state index in [-0.39, 0.29) is 22.7 Å². The number of carbonyl (C=O) groups is 1. The van der Waals surface area contributed by atoms with Crippen molar-refractivity contribution < 1.29 is 113 Å². The van der Waals surface area contributed by atoms with E-state index in [1.54, 1.807) is 0 Å². The summed E-state index contributed by atoms with van der Waals surface area (Å²) in [4.78, 5) is 26.3. The van der Waals surface area contributed by atoms with E-state index in [2.05, 4.69) is 0 Å². The number of benzene rings is 2. The Balaban J connectivity index is 1.34. The number of hydrogen-bond acceptors (Lipinski definition) is 24. The Hall–Kier alpha value is -4.32. The van der Waals surface area contributed by atoms with Gasteiger partial charge in [0.25, 0.3) is 0 Å². The van der Waals surface area contributed by atoms with Crippen LogP contribution >= 0.6 is 0 Å². The number of aromatic hydroxyl groups is 3. The molecule has 4 saturated heterocycles. The molecule has 0 aliphatic carbocycles. The van der Waals surface area contributed by atoms with Crippen molar-refractivity contribution in [2.75, 3.05) is 13.2 Å². The van der Waals surface area contributed by atoms with E-state index in [4.69, 9.17) is 47.0 Å². The van der Waals surface area contributed by atoms with Gasteiger partial charge >= 0.3 is 5.97 Å². The van der Waals surface area contributed by atoms with Gasteiger partial charge < -0.3 is 108 Å². The van der Waals surface area contributed by atoms with Crippen LogP contribution in [0.15, 0.2) is 45.6 Å². The maximum Gasteiger partial charge on any atom is 0.303 e. The number of rotatable bonds is 12. The first-order valence-corrected chi connectivity index (χ1v) is 20.5. The van der Waals surface area contributed by atoms with E-state index >= 15 is 0 Å². The monoisotopic (exact) mass is 928 g/mol. The molecule has 19 unspecified atom stereocenters. The van der Waals surface area contributed by atoms with Crippen LogP contribution in [0, 0.1) is 0 Å². The van der Waals surface area contributed by atoms with Gasteiger partial charge in [-0.3, -0.25) is 9.59 Å². The van der Waals surface area contributed by atoms with Gasteiger partial charge in [-0.25, -0.2) is 0 Å². The molecule has 24 nitrogen and oxygen atoms in total. The van der Waals surface area contributed by atoms with Crippen molar-refractivity contribution in [1.29, 1.82) is 0 Å². The zero-order valence-electron chi connectivity index (χ0n) is 34.8. The molecule has 7 rings (SSSR count). The Morgan fingerprint density at radius 3 is 2.05 bits per heavy atom. The lowest BCUT2D eigenvalue weighted by atomic mass is 9.96. The predicted octanol–water partition coefficient (Wildman–Crippen LogP) is -3.12. The fraction of sp³-hybridized carbons (Fsp3) is 0.610. The molecule has 3 aromatic rings. The molecule has 0 amide bonds. The van der Waals surface area contributed by atoms with E-state index in [1.165, 1.54) is 38.1 Å². The number of aliphatic hydroxyl groups excluding tert-OH is 9. The summed E-state index contributed by atoms with van der Waals surface area (Å²) in [7, 11) is 0. The Labute approximate surface area is 367 Å². The smallest absolute Gasteiger partial charge is 0.303 e. The van der Waals surface area contributed by atoms with Crippen molar-refractivity contribution in [1.82, 2.24) is 0 Å². The maximum atomic E-state index is 14.5. The first-order valence-electron chi connectivity index (χ1n) is 20.5. The van der Waals surface area contributed by atoms with Crippen molar-refractivity contribution in [2.45, 2.75) is 144 Å². The van der Waals surface area contributed by atoms with E-state index in [0.29, 0.717) is 0 Å². The van der Waals surface area contributed by atoms with E-state index < -0.39 is 170 Å². The second-order valence-corrected chi connectivity index (χ2v) is 16.2. The highest BCUT2D eigenvalue weighted by atomic mass is 16.8. The fourth-order valence-electron chi connectivity index (χ4n) is 8.01. The molecule has 2 aromatic carbocycles. The molecule has 1 aromatic heterocycles. The van der Waals surface area contributed by atoms with Gasteiger partial charge in [-0.1, -0.05) is 0 Å². The minimum atomic E-state index is -2.07. The molecule has 24 heteroatoms. The molecule has 0 saturated carbocycles. The van der Waals surface area contributed by atoms with Crippen LogP contribution in [0.5, 0.6) is 23.0 Å². The quantitative estimate of drug-likeness (QED) is 0.0800. The molecular formula is C41H52O24. The highest BCUT2D eigenvalue weighted by molar-refractivity contribution is 5.88. The number of ether oxygens (including phenoxy) is 9. The van der Waals surface area contributed by atoms with E-state index in [0.717, 1.165) is 19.1 Å². The van der Waals surface area contributed by atoms with Gasteiger partial charge in [0.15, 0.2) is 36.8 Å². The molecule has 0 spiro atoms. The van der Waals surface area contributed by atoms with Gasteiger partial charge in [-0.15, -0.1) is 0 Å². The number of phenols is 3. The summed E-state index contributed by atoms with van der Waals surface area (Å²) in [6.07, 6.45) is -32.3. The highest BCUT2D eigenvalue weighted by Gasteiger charge is 2.55. The Kier molecular flexibility index (Phi) is 14.9. The number of carbonyl (C=O) groups excluding carboxylic acids is 1. The van der Waals surface area contributed by atoms with Gasteiger partial charge in [-0.2, -0.15) is 0 Å². The topological polar surface area (TPSA) is 373 Å². The molecule has 4 fully saturated rings. The molecule has 360 valence electrons. The maximum absolute atomic E-state index is 14.5. The summed E-state index contributed by atoms with van der Waals surface area (Å²) in [6, 6.07) is 7.02. The van der Waals surface area contributed by atoms with Gasteiger partial charge in [0.2, 0.25) is 17.5 Å². The first kappa shape index (κ1) is 48.6. The third kappa shape index (κ3) is 10.0. The van der Waals surface area contributed by atoms with E-state index in [9.17, 15) is 70.9 Å². The van der Waals surface area contributed by atoms with Crippen LogP contribution in [0.25, 0.3) is 22.3 Å². The van der Waals surface area contributed by atoms with Crippen LogP contribution in [0.3, 0.4) is 0 Å². The number of esters is 1. The lowest BCUT2D eigenvalue weighted by Gasteiger charge is -2.48. The molecule has 4 aliphatic rings. The summed E-state index contributed by atoms with van der Waals surface area (Å²) >= 11 is 0. The van der Waals surface area contributed by atoms with Crippen molar-refractivity contribution in [3.8, 4) is 34.3 Å². The molecule has 5 heterocycles. The standard InChI is InChI=1S/C41H52O24/c1-13-26(48)30(52)32(54)39(57-13)56-12-23-28(50)36(63-24-10-20(47)27(49)22(11-42)60-24)38(65-40-33(55)31(53)34(14(2)58-40)59-15(3)43)41(62-23)64-37-29(51)25-19(46)8-18(45)9-21(25)61-35(37)16-4-6-17(44)7-5-16/h4-9,13-14,20,22-24,26-28,30-34,36,38-42,44-50,52-55H,10-12H2,1-3H3. The van der Waals surface area contributed by atoms with Crippen LogP contribution in [-0.4, -0.2) is 197 Å². The fourth-order valence-corrected chi connectivity index (χ4v) is 8.01. The van der Waals surface area contributed by atoms with Gasteiger partial charge in [0.1, 0.15) is 89.3 Å². The second kappa shape index (κ2) is 19.9. The molecule has 19 atom stereocenters. The summed E-state index contributed by atoms with van der Waals surface area (Å²) in [5, 5.41) is 128. The molecule has 0 bridgehead atoms. The van der Waals surface area contributed by atoms with Crippen LogP contribution in [0.4, 0.5) is 0 Å². The summed E-state index contributed by atoms with van der Waals surface area (Å²) in [5.41, 5.74) is -1.32. The van der Waals surface area contributed by atoms with Crippen molar-refractivity contribution in [3.05, 3.63) is 46.6 Å². The summed E-state index contributed by atoms with van der Waals surface area (Å²) in [6.45, 7) is 2.28. The Bertz CT molecular complexity index is 2170. The van der Waals surface area contributed by atoms with Gasteiger partial charge in [-0.05, 0) is 38.1 Å². The molecule has 4 aliphatic heterocycles. The highest BCUT2D eigenvalue weighted by Crippen LogP contribution is 2.40. The number of fused-ring (bicyclic) bond motifs is 1. The van der Waals surface area contributed by atoms with Crippen LogP contribution in [-0.2, 0) is 42.7 Å². The third-order valence-electron chi connectivity index (χ3n) is 11.5. The first-order chi connectivity index (χ1) is 30.8. The zero-order chi connectivity index (χ0) is 47.2. The molecule has 65 heavy (non-hydrogen) atoms. The zero-order valence-corrected chi connectivity index (χ0v) is 34.8. The van der Waals surface area contributed by atoms with Crippen molar-refractivity contribution in [3.63, 3.8) is 0 Å². The number of hydrogen-bond donors (Lipinski definition) is 12. The van der Waals surface area contributed by atoms with Gasteiger partial charge in [0, 0.05) is 31.0 Å². The number of aliphatic hydroxyl groups is 9. The molecule has 12 N–H and O–H groups in total. The average molecular weight is 929 g/mol. The Morgan fingerprint density at radius 1 is 0.692 bits per heavy atom.